The van der Waals surface area contributed by atoms with Crippen LogP contribution in [0.1, 0.15) is 22.7 Å². The molecule has 0 spiro atoms. The number of likely N-dealkylation sites (N-methyl/N-ethyl adjacent to an activating group) is 1. The molecule has 0 radical (unpaired) electrons. The smallest absolute Gasteiger partial charge is 0.249 e. The standard InChI is InChI=1S/C18H22N2O/c1-13-10-11-16(14(2)12-13)19-17(18(21)20(3)4)15-8-6-5-7-9-15/h5-12,17,19H,1-4H3. The molecular formula is C18H22N2O. The molecule has 1 atom stereocenters. The average molecular weight is 282 g/mol. The van der Waals surface area contributed by atoms with Gasteiger partial charge in [-0.15, -0.1) is 0 Å². The van der Waals surface area contributed by atoms with E-state index < -0.39 is 0 Å². The van der Waals surface area contributed by atoms with Crippen LogP contribution in [0.25, 0.3) is 0 Å². The van der Waals surface area contributed by atoms with E-state index >= 15 is 0 Å². The Labute approximate surface area is 126 Å². The summed E-state index contributed by atoms with van der Waals surface area (Å²) in [4.78, 5) is 14.1. The van der Waals surface area contributed by atoms with Crippen LogP contribution < -0.4 is 5.32 Å². The first kappa shape index (κ1) is 15.1. The van der Waals surface area contributed by atoms with E-state index in [4.69, 9.17) is 0 Å². The Balaban J connectivity index is 2.34. The molecule has 3 nitrogen and oxygen atoms in total. The molecule has 2 rings (SSSR count). The van der Waals surface area contributed by atoms with Gasteiger partial charge < -0.3 is 10.2 Å². The molecule has 110 valence electrons. The zero-order valence-electron chi connectivity index (χ0n) is 13.1. The quantitative estimate of drug-likeness (QED) is 0.930. The molecule has 21 heavy (non-hydrogen) atoms. The van der Waals surface area contributed by atoms with Crippen LogP contribution in [0.5, 0.6) is 0 Å². The summed E-state index contributed by atoms with van der Waals surface area (Å²) in [7, 11) is 3.56. The van der Waals surface area contributed by atoms with E-state index in [1.165, 1.54) is 5.56 Å². The van der Waals surface area contributed by atoms with Gasteiger partial charge in [-0.2, -0.15) is 0 Å². The van der Waals surface area contributed by atoms with Crippen molar-refractivity contribution in [2.24, 2.45) is 0 Å². The minimum atomic E-state index is -0.373. The topological polar surface area (TPSA) is 32.3 Å². The second kappa shape index (κ2) is 6.44. The highest BCUT2D eigenvalue weighted by molar-refractivity contribution is 5.86. The maximum Gasteiger partial charge on any atom is 0.249 e. The van der Waals surface area contributed by atoms with Crippen LogP contribution in [0.2, 0.25) is 0 Å². The lowest BCUT2D eigenvalue weighted by Gasteiger charge is -2.24. The summed E-state index contributed by atoms with van der Waals surface area (Å²) < 4.78 is 0. The summed E-state index contributed by atoms with van der Waals surface area (Å²) in [6, 6.07) is 15.6. The number of hydrogen-bond donors (Lipinski definition) is 1. The van der Waals surface area contributed by atoms with Gasteiger partial charge in [0.15, 0.2) is 0 Å². The predicted octanol–water partition coefficient (Wildman–Crippen LogP) is 3.54. The Morgan fingerprint density at radius 2 is 1.71 bits per heavy atom. The fourth-order valence-electron chi connectivity index (χ4n) is 2.32. The molecule has 1 N–H and O–H groups in total. The average Bonchev–Trinajstić information content (AvgIpc) is 2.46. The van der Waals surface area contributed by atoms with Crippen molar-refractivity contribution in [3.63, 3.8) is 0 Å². The van der Waals surface area contributed by atoms with Gasteiger partial charge in [-0.3, -0.25) is 4.79 Å². The molecule has 0 saturated carbocycles. The molecule has 3 heteroatoms. The highest BCUT2D eigenvalue weighted by Crippen LogP contribution is 2.24. The molecule has 1 amide bonds. The number of anilines is 1. The van der Waals surface area contributed by atoms with E-state index in [1.54, 1.807) is 19.0 Å². The molecule has 2 aromatic rings. The van der Waals surface area contributed by atoms with Gasteiger partial charge in [0.05, 0.1) is 0 Å². The number of benzene rings is 2. The van der Waals surface area contributed by atoms with Crippen molar-refractivity contribution in [2.45, 2.75) is 19.9 Å². The molecule has 0 fully saturated rings. The third-order valence-corrected chi connectivity index (χ3v) is 3.50. The molecule has 0 aliphatic carbocycles. The lowest BCUT2D eigenvalue weighted by Crippen LogP contribution is -2.32. The van der Waals surface area contributed by atoms with Crippen LogP contribution in [0.4, 0.5) is 5.69 Å². The van der Waals surface area contributed by atoms with Crippen LogP contribution in [0.3, 0.4) is 0 Å². The Hall–Kier alpha value is -2.29. The van der Waals surface area contributed by atoms with E-state index in [-0.39, 0.29) is 11.9 Å². The zero-order valence-corrected chi connectivity index (χ0v) is 13.1. The second-order valence-electron chi connectivity index (χ2n) is 5.54. The fourth-order valence-corrected chi connectivity index (χ4v) is 2.32. The number of carbonyl (C=O) groups excluding carboxylic acids is 1. The van der Waals surface area contributed by atoms with E-state index in [9.17, 15) is 4.79 Å². The van der Waals surface area contributed by atoms with Crippen LogP contribution in [-0.4, -0.2) is 24.9 Å². The first-order valence-corrected chi connectivity index (χ1v) is 7.09. The summed E-state index contributed by atoms with van der Waals surface area (Å²) in [6.07, 6.45) is 0. The summed E-state index contributed by atoms with van der Waals surface area (Å²) in [6.45, 7) is 4.12. The van der Waals surface area contributed by atoms with Crippen molar-refractivity contribution in [3.8, 4) is 0 Å². The Bertz CT molecular complexity index is 620. The van der Waals surface area contributed by atoms with Gasteiger partial charge in [-0.25, -0.2) is 0 Å². The summed E-state index contributed by atoms with van der Waals surface area (Å²) in [5.74, 6) is 0.0428. The number of hydrogen-bond acceptors (Lipinski definition) is 2. The SMILES string of the molecule is Cc1ccc(NC(C(=O)N(C)C)c2ccccc2)c(C)c1. The molecule has 0 bridgehead atoms. The summed E-state index contributed by atoms with van der Waals surface area (Å²) >= 11 is 0. The lowest BCUT2D eigenvalue weighted by atomic mass is 10.0. The zero-order chi connectivity index (χ0) is 15.4. The van der Waals surface area contributed by atoms with Crippen LogP contribution in [0, 0.1) is 13.8 Å². The van der Waals surface area contributed by atoms with Gasteiger partial charge in [0.1, 0.15) is 6.04 Å². The first-order chi connectivity index (χ1) is 9.99. The van der Waals surface area contributed by atoms with Crippen molar-refractivity contribution >= 4 is 11.6 Å². The monoisotopic (exact) mass is 282 g/mol. The number of rotatable bonds is 4. The lowest BCUT2D eigenvalue weighted by molar-refractivity contribution is -0.129. The predicted molar refractivity (Wildman–Crippen MR) is 87.4 cm³/mol. The van der Waals surface area contributed by atoms with E-state index in [0.717, 1.165) is 16.8 Å². The number of nitrogens with zero attached hydrogens (tertiary/aromatic N) is 1. The molecule has 0 aliphatic heterocycles. The summed E-state index contributed by atoms with van der Waals surface area (Å²) in [5.41, 5.74) is 4.32. The van der Waals surface area contributed by atoms with Crippen molar-refractivity contribution < 1.29 is 4.79 Å². The number of nitrogens with one attached hydrogen (secondary N) is 1. The minimum Gasteiger partial charge on any atom is -0.370 e. The van der Waals surface area contributed by atoms with Crippen molar-refractivity contribution in [2.75, 3.05) is 19.4 Å². The van der Waals surface area contributed by atoms with E-state index in [0.29, 0.717) is 0 Å². The fraction of sp³-hybridized carbons (Fsp3) is 0.278. The van der Waals surface area contributed by atoms with Gasteiger partial charge in [0, 0.05) is 19.8 Å². The Morgan fingerprint density at radius 3 is 2.29 bits per heavy atom. The number of carbonyl (C=O) groups is 1. The normalized spacial score (nSPS) is 11.8. The van der Waals surface area contributed by atoms with Gasteiger partial charge >= 0.3 is 0 Å². The molecule has 0 saturated heterocycles. The van der Waals surface area contributed by atoms with Gasteiger partial charge in [0.25, 0.3) is 0 Å². The maximum atomic E-state index is 12.5. The van der Waals surface area contributed by atoms with Crippen LogP contribution in [0.15, 0.2) is 48.5 Å². The van der Waals surface area contributed by atoms with Crippen molar-refractivity contribution in [1.29, 1.82) is 0 Å². The number of aryl methyl sites for hydroxylation is 2. The number of amides is 1. The largest absolute Gasteiger partial charge is 0.370 e. The third-order valence-electron chi connectivity index (χ3n) is 3.50. The van der Waals surface area contributed by atoms with Crippen molar-refractivity contribution in [3.05, 3.63) is 65.2 Å². The van der Waals surface area contributed by atoms with Gasteiger partial charge in [0.2, 0.25) is 5.91 Å². The van der Waals surface area contributed by atoms with Crippen LogP contribution in [-0.2, 0) is 4.79 Å². The minimum absolute atomic E-state index is 0.0428. The molecule has 0 aliphatic rings. The van der Waals surface area contributed by atoms with E-state index in [2.05, 4.69) is 31.3 Å². The van der Waals surface area contributed by atoms with Gasteiger partial charge in [-0.05, 0) is 31.0 Å². The van der Waals surface area contributed by atoms with Crippen LogP contribution >= 0.6 is 0 Å². The Kier molecular flexibility index (Phi) is 4.63. The molecule has 2 aromatic carbocycles. The van der Waals surface area contributed by atoms with Gasteiger partial charge in [-0.1, -0.05) is 48.0 Å². The van der Waals surface area contributed by atoms with E-state index in [1.807, 2.05) is 36.4 Å². The maximum absolute atomic E-state index is 12.5. The highest BCUT2D eigenvalue weighted by Gasteiger charge is 2.22. The van der Waals surface area contributed by atoms with Crippen molar-refractivity contribution in [1.82, 2.24) is 4.90 Å². The molecule has 1 unspecified atom stereocenters. The Morgan fingerprint density at radius 1 is 1.05 bits per heavy atom. The second-order valence-corrected chi connectivity index (χ2v) is 5.54. The summed E-state index contributed by atoms with van der Waals surface area (Å²) in [5, 5.41) is 3.38. The third kappa shape index (κ3) is 3.63. The first-order valence-electron chi connectivity index (χ1n) is 7.09. The molecule has 0 aromatic heterocycles. The highest BCUT2D eigenvalue weighted by atomic mass is 16.2. The molecule has 0 heterocycles. The molecular weight excluding hydrogens is 260 g/mol.